The van der Waals surface area contributed by atoms with E-state index in [4.69, 9.17) is 0 Å². The first-order valence-electron chi connectivity index (χ1n) is 7.25. The van der Waals surface area contributed by atoms with Crippen molar-refractivity contribution >= 4 is 15.9 Å². The summed E-state index contributed by atoms with van der Waals surface area (Å²) in [6, 6.07) is 9.57. The van der Waals surface area contributed by atoms with Gasteiger partial charge in [-0.25, -0.2) is 4.39 Å². The molecule has 1 atom stereocenters. The Balaban J connectivity index is 1.98. The molecule has 1 aromatic heterocycles. The van der Waals surface area contributed by atoms with Crippen molar-refractivity contribution in [2.75, 3.05) is 6.54 Å². The number of aromatic nitrogens is 1. The lowest BCUT2D eigenvalue weighted by Crippen LogP contribution is -2.31. The highest BCUT2D eigenvalue weighted by molar-refractivity contribution is 9.10. The fourth-order valence-corrected chi connectivity index (χ4v) is 2.74. The highest BCUT2D eigenvalue weighted by atomic mass is 79.9. The van der Waals surface area contributed by atoms with Crippen LogP contribution in [0.15, 0.2) is 47.2 Å². The molecule has 0 saturated carbocycles. The van der Waals surface area contributed by atoms with Crippen LogP contribution >= 0.6 is 15.9 Å². The zero-order valence-electron chi connectivity index (χ0n) is 12.2. The molecule has 1 unspecified atom stereocenters. The Labute approximate surface area is 133 Å². The summed E-state index contributed by atoms with van der Waals surface area (Å²) in [5.41, 5.74) is 1.98. The van der Waals surface area contributed by atoms with E-state index in [9.17, 15) is 4.39 Å². The van der Waals surface area contributed by atoms with Gasteiger partial charge in [0.25, 0.3) is 0 Å². The summed E-state index contributed by atoms with van der Waals surface area (Å²) < 4.78 is 14.7. The van der Waals surface area contributed by atoms with Gasteiger partial charge in [-0.05, 0) is 55.1 Å². The number of aryl methyl sites for hydroxylation is 1. The van der Waals surface area contributed by atoms with Gasteiger partial charge >= 0.3 is 0 Å². The highest BCUT2D eigenvalue weighted by Gasteiger charge is 2.12. The molecule has 0 radical (unpaired) electrons. The molecule has 0 saturated heterocycles. The minimum atomic E-state index is -0.145. The van der Waals surface area contributed by atoms with Gasteiger partial charge < -0.3 is 5.32 Å². The fourth-order valence-electron chi connectivity index (χ4n) is 2.40. The molecule has 0 bridgehead atoms. The predicted molar refractivity (Wildman–Crippen MR) is 87.8 cm³/mol. The third kappa shape index (κ3) is 5.21. The molecule has 0 aliphatic heterocycles. The molecular formula is C17H20BrFN2. The Kier molecular flexibility index (Phi) is 6.33. The summed E-state index contributed by atoms with van der Waals surface area (Å²) in [5.74, 6) is -0.145. The van der Waals surface area contributed by atoms with Gasteiger partial charge in [0.1, 0.15) is 5.82 Å². The van der Waals surface area contributed by atoms with Crippen LogP contribution in [0.2, 0.25) is 0 Å². The topological polar surface area (TPSA) is 24.9 Å². The average molecular weight is 351 g/mol. The van der Waals surface area contributed by atoms with E-state index in [1.807, 2.05) is 24.4 Å². The zero-order valence-corrected chi connectivity index (χ0v) is 13.7. The Morgan fingerprint density at radius 1 is 1.33 bits per heavy atom. The van der Waals surface area contributed by atoms with Gasteiger partial charge in [-0.15, -0.1) is 0 Å². The van der Waals surface area contributed by atoms with Crippen LogP contribution in [0, 0.1) is 5.82 Å². The molecule has 21 heavy (non-hydrogen) atoms. The lowest BCUT2D eigenvalue weighted by molar-refractivity contribution is 0.479. The minimum Gasteiger partial charge on any atom is -0.314 e. The van der Waals surface area contributed by atoms with Gasteiger partial charge in [-0.3, -0.25) is 4.98 Å². The van der Waals surface area contributed by atoms with Gasteiger partial charge in [0.15, 0.2) is 0 Å². The molecule has 1 N–H and O–H groups in total. The van der Waals surface area contributed by atoms with Crippen LogP contribution in [0.4, 0.5) is 4.39 Å². The third-order valence-electron chi connectivity index (χ3n) is 3.48. The number of rotatable bonds is 7. The fraction of sp³-hybridized carbons (Fsp3) is 0.353. The van der Waals surface area contributed by atoms with Crippen LogP contribution in [-0.2, 0) is 12.8 Å². The smallest absolute Gasteiger partial charge is 0.127 e. The van der Waals surface area contributed by atoms with Crippen LogP contribution in [0.3, 0.4) is 0 Å². The van der Waals surface area contributed by atoms with Crippen LogP contribution in [0.5, 0.6) is 0 Å². The summed E-state index contributed by atoms with van der Waals surface area (Å²) in [5, 5.41) is 3.44. The largest absolute Gasteiger partial charge is 0.314 e. The van der Waals surface area contributed by atoms with Crippen LogP contribution in [-0.4, -0.2) is 17.6 Å². The first-order valence-corrected chi connectivity index (χ1v) is 8.04. The van der Waals surface area contributed by atoms with Gasteiger partial charge in [-0.2, -0.15) is 0 Å². The third-order valence-corrected chi connectivity index (χ3v) is 3.97. The van der Waals surface area contributed by atoms with Crippen molar-refractivity contribution in [3.05, 3.63) is 64.1 Å². The Bertz CT molecular complexity index is 560. The maximum absolute atomic E-state index is 13.9. The van der Waals surface area contributed by atoms with Gasteiger partial charge in [-0.1, -0.05) is 35.0 Å². The van der Waals surface area contributed by atoms with E-state index in [-0.39, 0.29) is 11.9 Å². The number of nitrogens with zero attached hydrogens (tertiary/aromatic N) is 1. The van der Waals surface area contributed by atoms with E-state index in [0.717, 1.165) is 29.4 Å². The molecule has 112 valence electrons. The molecule has 2 nitrogen and oxygen atoms in total. The van der Waals surface area contributed by atoms with Crippen molar-refractivity contribution in [1.29, 1.82) is 0 Å². The minimum absolute atomic E-state index is 0.145. The number of halogens is 2. The standard InChI is InChI=1S/C17H20BrFN2/c1-2-21-16(8-5-13-4-3-9-20-12-13)10-14-6-7-15(18)11-17(14)19/h3-4,6-7,9,11-12,16,21H,2,5,8,10H2,1H3. The van der Waals surface area contributed by atoms with E-state index in [0.29, 0.717) is 6.42 Å². The summed E-state index contributed by atoms with van der Waals surface area (Å²) in [7, 11) is 0. The molecule has 0 fully saturated rings. The van der Waals surface area contributed by atoms with E-state index >= 15 is 0 Å². The first kappa shape index (κ1) is 16.1. The molecule has 1 heterocycles. The molecule has 0 spiro atoms. The molecular weight excluding hydrogens is 331 g/mol. The highest BCUT2D eigenvalue weighted by Crippen LogP contribution is 2.18. The van der Waals surface area contributed by atoms with E-state index in [1.54, 1.807) is 6.20 Å². The van der Waals surface area contributed by atoms with Gasteiger partial charge in [0.2, 0.25) is 0 Å². The van der Waals surface area contributed by atoms with Crippen molar-refractivity contribution in [2.24, 2.45) is 0 Å². The number of hydrogen-bond acceptors (Lipinski definition) is 2. The molecule has 1 aromatic carbocycles. The van der Waals surface area contributed by atoms with E-state index < -0.39 is 0 Å². The summed E-state index contributed by atoms with van der Waals surface area (Å²) in [6.45, 7) is 2.96. The first-order chi connectivity index (χ1) is 10.2. The van der Waals surface area contributed by atoms with E-state index in [1.165, 1.54) is 11.6 Å². The van der Waals surface area contributed by atoms with Gasteiger partial charge in [0.05, 0.1) is 0 Å². The molecule has 2 aromatic rings. The van der Waals surface area contributed by atoms with Crippen molar-refractivity contribution < 1.29 is 4.39 Å². The second-order valence-electron chi connectivity index (χ2n) is 5.09. The van der Waals surface area contributed by atoms with Crippen molar-refractivity contribution in [3.63, 3.8) is 0 Å². The normalized spacial score (nSPS) is 12.3. The van der Waals surface area contributed by atoms with Crippen LogP contribution < -0.4 is 5.32 Å². The van der Waals surface area contributed by atoms with E-state index in [2.05, 4.69) is 39.2 Å². The number of benzene rings is 1. The second-order valence-corrected chi connectivity index (χ2v) is 6.01. The van der Waals surface area contributed by atoms with Crippen LogP contribution in [0.25, 0.3) is 0 Å². The molecule has 2 rings (SSSR count). The summed E-state index contributed by atoms with van der Waals surface area (Å²) >= 11 is 3.29. The van der Waals surface area contributed by atoms with Crippen molar-refractivity contribution in [3.8, 4) is 0 Å². The summed E-state index contributed by atoms with van der Waals surface area (Å²) in [4.78, 5) is 4.13. The Morgan fingerprint density at radius 2 is 2.19 bits per heavy atom. The van der Waals surface area contributed by atoms with Crippen molar-refractivity contribution in [2.45, 2.75) is 32.2 Å². The molecule has 4 heteroatoms. The number of pyridine rings is 1. The monoisotopic (exact) mass is 350 g/mol. The maximum atomic E-state index is 13.9. The zero-order chi connectivity index (χ0) is 15.1. The molecule has 0 aliphatic rings. The number of hydrogen-bond donors (Lipinski definition) is 1. The van der Waals surface area contributed by atoms with Crippen molar-refractivity contribution in [1.82, 2.24) is 10.3 Å². The van der Waals surface area contributed by atoms with Gasteiger partial charge in [0, 0.05) is 22.9 Å². The molecule has 0 amide bonds. The average Bonchev–Trinajstić information content (AvgIpc) is 2.49. The lowest BCUT2D eigenvalue weighted by Gasteiger charge is -2.18. The molecule has 0 aliphatic carbocycles. The van der Waals surface area contributed by atoms with Crippen LogP contribution in [0.1, 0.15) is 24.5 Å². The number of likely N-dealkylation sites (N-methyl/N-ethyl adjacent to an activating group) is 1. The second kappa shape index (κ2) is 8.25. The summed E-state index contributed by atoms with van der Waals surface area (Å²) in [6.07, 6.45) is 6.29. The Morgan fingerprint density at radius 3 is 2.86 bits per heavy atom. The maximum Gasteiger partial charge on any atom is 0.127 e. The lowest BCUT2D eigenvalue weighted by atomic mass is 9.99. The SMILES string of the molecule is CCNC(CCc1cccnc1)Cc1ccc(Br)cc1F. The quantitative estimate of drug-likeness (QED) is 0.811. The number of nitrogens with one attached hydrogen (secondary N) is 1. The predicted octanol–water partition coefficient (Wildman–Crippen LogP) is 4.14. The Hall–Kier alpha value is -1.26.